The second kappa shape index (κ2) is 9.28. The number of thioether (sulfide) groups is 1. The molecule has 27 heavy (non-hydrogen) atoms. The Balaban J connectivity index is 2.02. The molecule has 1 amide bonds. The van der Waals surface area contributed by atoms with Gasteiger partial charge in [0.15, 0.2) is 0 Å². The molecule has 0 aliphatic rings. The number of aromatic nitrogens is 3. The average Bonchev–Trinajstić information content (AvgIpc) is 2.74. The van der Waals surface area contributed by atoms with Gasteiger partial charge < -0.3 is 5.32 Å². The number of rotatable bonds is 7. The van der Waals surface area contributed by atoms with Gasteiger partial charge in [-0.15, -0.1) is 10.2 Å². The van der Waals surface area contributed by atoms with Crippen LogP contribution in [0.15, 0.2) is 65.8 Å². The van der Waals surface area contributed by atoms with Gasteiger partial charge in [-0.2, -0.15) is 0 Å². The predicted molar refractivity (Wildman–Crippen MR) is 109 cm³/mol. The standard InChI is InChI=1S/C21H22N4OS/c1-3-10-17(20(26)22-2)27-21-23-18(15-11-6-4-7-12-15)19(24-25-21)16-13-8-5-9-14-16/h4-9,11-14,17H,3,10H2,1-2H3,(H,22,26). The zero-order chi connectivity index (χ0) is 19.1. The van der Waals surface area contributed by atoms with Gasteiger partial charge >= 0.3 is 0 Å². The molecule has 3 aromatic rings. The molecule has 6 heteroatoms. The van der Waals surface area contributed by atoms with E-state index in [9.17, 15) is 4.79 Å². The van der Waals surface area contributed by atoms with Gasteiger partial charge in [-0.3, -0.25) is 4.79 Å². The van der Waals surface area contributed by atoms with Gasteiger partial charge in [-0.05, 0) is 6.42 Å². The molecule has 0 saturated carbocycles. The Morgan fingerprint density at radius 1 is 0.963 bits per heavy atom. The molecule has 3 rings (SSSR count). The third kappa shape index (κ3) is 4.71. The number of carbonyl (C=O) groups is 1. The lowest BCUT2D eigenvalue weighted by atomic mass is 10.0. The Morgan fingerprint density at radius 3 is 2.11 bits per heavy atom. The molecule has 1 N–H and O–H groups in total. The lowest BCUT2D eigenvalue weighted by molar-refractivity contribution is -0.120. The minimum Gasteiger partial charge on any atom is -0.358 e. The maximum Gasteiger partial charge on any atom is 0.233 e. The van der Waals surface area contributed by atoms with Crippen molar-refractivity contribution in [3.63, 3.8) is 0 Å². The third-order valence-corrected chi connectivity index (χ3v) is 5.22. The summed E-state index contributed by atoms with van der Waals surface area (Å²) in [5.74, 6) is -0.0150. The van der Waals surface area contributed by atoms with Gasteiger partial charge in [-0.1, -0.05) is 85.8 Å². The van der Waals surface area contributed by atoms with E-state index in [0.717, 1.165) is 35.4 Å². The molecule has 0 radical (unpaired) electrons. The van der Waals surface area contributed by atoms with Crippen molar-refractivity contribution in [3.05, 3.63) is 60.7 Å². The lowest BCUT2D eigenvalue weighted by Gasteiger charge is -2.14. The summed E-state index contributed by atoms with van der Waals surface area (Å²) < 4.78 is 0. The van der Waals surface area contributed by atoms with Crippen molar-refractivity contribution in [2.45, 2.75) is 30.2 Å². The van der Waals surface area contributed by atoms with Crippen molar-refractivity contribution in [2.75, 3.05) is 7.05 Å². The minimum absolute atomic E-state index is 0.0150. The molecule has 0 saturated heterocycles. The molecule has 1 aromatic heterocycles. The van der Waals surface area contributed by atoms with E-state index in [1.807, 2.05) is 60.7 Å². The van der Waals surface area contributed by atoms with E-state index in [1.165, 1.54) is 11.8 Å². The van der Waals surface area contributed by atoms with Crippen LogP contribution in [0.2, 0.25) is 0 Å². The Kier molecular flexibility index (Phi) is 6.54. The molecule has 0 fully saturated rings. The summed E-state index contributed by atoms with van der Waals surface area (Å²) >= 11 is 1.36. The number of amides is 1. The van der Waals surface area contributed by atoms with E-state index < -0.39 is 0 Å². The van der Waals surface area contributed by atoms with E-state index in [4.69, 9.17) is 4.98 Å². The van der Waals surface area contributed by atoms with Gasteiger partial charge in [0.2, 0.25) is 11.1 Å². The Hall–Kier alpha value is -2.73. The molecule has 0 spiro atoms. The second-order valence-corrected chi connectivity index (χ2v) is 7.20. The minimum atomic E-state index is -0.229. The topological polar surface area (TPSA) is 67.8 Å². The monoisotopic (exact) mass is 378 g/mol. The van der Waals surface area contributed by atoms with E-state index in [2.05, 4.69) is 22.4 Å². The van der Waals surface area contributed by atoms with Crippen LogP contribution in [0, 0.1) is 0 Å². The van der Waals surface area contributed by atoms with Gasteiger partial charge in [0.1, 0.15) is 11.4 Å². The van der Waals surface area contributed by atoms with Gasteiger partial charge in [0, 0.05) is 18.2 Å². The highest BCUT2D eigenvalue weighted by Gasteiger charge is 2.21. The summed E-state index contributed by atoms with van der Waals surface area (Å²) in [5.41, 5.74) is 3.44. The molecule has 5 nitrogen and oxygen atoms in total. The zero-order valence-corrected chi connectivity index (χ0v) is 16.2. The molecule has 138 valence electrons. The fourth-order valence-corrected chi connectivity index (χ4v) is 3.81. The fraction of sp³-hybridized carbons (Fsp3) is 0.238. The first-order valence-corrected chi connectivity index (χ1v) is 9.84. The quantitative estimate of drug-likeness (QED) is 0.624. The van der Waals surface area contributed by atoms with Crippen molar-refractivity contribution < 1.29 is 4.79 Å². The van der Waals surface area contributed by atoms with Crippen molar-refractivity contribution in [3.8, 4) is 22.5 Å². The van der Waals surface area contributed by atoms with E-state index in [1.54, 1.807) is 7.05 Å². The molecule has 1 unspecified atom stereocenters. The largest absolute Gasteiger partial charge is 0.358 e. The maximum atomic E-state index is 12.1. The summed E-state index contributed by atoms with van der Waals surface area (Å²) in [6, 6.07) is 19.8. The van der Waals surface area contributed by atoms with Crippen molar-refractivity contribution >= 4 is 17.7 Å². The van der Waals surface area contributed by atoms with Gasteiger partial charge in [0.05, 0.1) is 5.25 Å². The van der Waals surface area contributed by atoms with Crippen LogP contribution in [-0.2, 0) is 4.79 Å². The number of hydrogen-bond donors (Lipinski definition) is 1. The average molecular weight is 379 g/mol. The lowest BCUT2D eigenvalue weighted by Crippen LogP contribution is -2.29. The van der Waals surface area contributed by atoms with Crippen LogP contribution >= 0.6 is 11.8 Å². The summed E-state index contributed by atoms with van der Waals surface area (Å²) in [6.07, 6.45) is 1.67. The predicted octanol–water partition coefficient (Wildman–Crippen LogP) is 4.21. The molecule has 2 aromatic carbocycles. The van der Waals surface area contributed by atoms with Crippen LogP contribution in [0.25, 0.3) is 22.5 Å². The van der Waals surface area contributed by atoms with Crippen molar-refractivity contribution in [2.24, 2.45) is 0 Å². The second-order valence-electron chi connectivity index (χ2n) is 6.03. The van der Waals surface area contributed by atoms with Crippen LogP contribution in [0.5, 0.6) is 0 Å². The smallest absolute Gasteiger partial charge is 0.233 e. The highest BCUT2D eigenvalue weighted by molar-refractivity contribution is 8.00. The highest BCUT2D eigenvalue weighted by Crippen LogP contribution is 2.31. The molecular weight excluding hydrogens is 356 g/mol. The van der Waals surface area contributed by atoms with Gasteiger partial charge in [0.25, 0.3) is 0 Å². The van der Waals surface area contributed by atoms with E-state index in [0.29, 0.717) is 5.16 Å². The number of nitrogens with one attached hydrogen (secondary N) is 1. The SMILES string of the molecule is CCCC(Sc1nnc(-c2ccccc2)c(-c2ccccc2)n1)C(=O)NC. The molecule has 1 heterocycles. The summed E-state index contributed by atoms with van der Waals surface area (Å²) in [6.45, 7) is 2.06. The summed E-state index contributed by atoms with van der Waals surface area (Å²) in [5, 5.41) is 11.8. The summed E-state index contributed by atoms with van der Waals surface area (Å²) in [7, 11) is 1.65. The molecule has 1 atom stereocenters. The van der Waals surface area contributed by atoms with Crippen molar-refractivity contribution in [1.82, 2.24) is 20.5 Å². The van der Waals surface area contributed by atoms with E-state index in [-0.39, 0.29) is 11.2 Å². The first kappa shape index (κ1) is 19.0. The molecule has 0 bridgehead atoms. The Labute approximate surface area is 163 Å². The zero-order valence-electron chi connectivity index (χ0n) is 15.4. The van der Waals surface area contributed by atoms with Crippen molar-refractivity contribution in [1.29, 1.82) is 0 Å². The molecular formula is C21H22N4OS. The van der Waals surface area contributed by atoms with Crippen LogP contribution in [0.4, 0.5) is 0 Å². The normalized spacial score (nSPS) is 11.8. The Bertz CT molecular complexity index is 887. The highest BCUT2D eigenvalue weighted by atomic mass is 32.2. The van der Waals surface area contributed by atoms with Crippen LogP contribution in [-0.4, -0.2) is 33.4 Å². The van der Waals surface area contributed by atoms with Gasteiger partial charge in [-0.25, -0.2) is 4.98 Å². The van der Waals surface area contributed by atoms with Crippen LogP contribution in [0.1, 0.15) is 19.8 Å². The number of nitrogens with zero attached hydrogens (tertiary/aromatic N) is 3. The van der Waals surface area contributed by atoms with E-state index >= 15 is 0 Å². The first-order chi connectivity index (χ1) is 13.2. The summed E-state index contributed by atoms with van der Waals surface area (Å²) in [4.78, 5) is 16.9. The molecule has 0 aliphatic heterocycles. The number of carbonyl (C=O) groups excluding carboxylic acids is 1. The number of hydrogen-bond acceptors (Lipinski definition) is 5. The Morgan fingerprint density at radius 2 is 1.56 bits per heavy atom. The van der Waals surface area contributed by atoms with Crippen LogP contribution in [0.3, 0.4) is 0 Å². The van der Waals surface area contributed by atoms with Crippen LogP contribution < -0.4 is 5.32 Å². The number of benzene rings is 2. The first-order valence-electron chi connectivity index (χ1n) is 8.96. The maximum absolute atomic E-state index is 12.1. The third-order valence-electron chi connectivity index (χ3n) is 4.10. The fourth-order valence-electron chi connectivity index (χ4n) is 2.74. The molecule has 0 aliphatic carbocycles.